The lowest BCUT2D eigenvalue weighted by Crippen LogP contribution is -2.30. The monoisotopic (exact) mass is 213 g/mol. The second-order valence-corrected chi connectivity index (χ2v) is 5.34. The molecule has 1 aliphatic rings. The van der Waals surface area contributed by atoms with E-state index in [0.717, 1.165) is 0 Å². The topological polar surface area (TPSA) is 3.24 Å². The van der Waals surface area contributed by atoms with Crippen molar-refractivity contribution in [2.45, 2.75) is 72.8 Å². The second kappa shape index (κ2) is 7.27. The van der Waals surface area contributed by atoms with Gasteiger partial charge in [0.2, 0.25) is 0 Å². The highest BCUT2D eigenvalue weighted by Gasteiger charge is 2.28. The summed E-state index contributed by atoms with van der Waals surface area (Å²) in [7, 11) is 2.24. The summed E-state index contributed by atoms with van der Waals surface area (Å²) in [4.78, 5) is 2.46. The van der Waals surface area contributed by atoms with Crippen LogP contribution in [-0.2, 0) is 0 Å². The van der Waals surface area contributed by atoms with Gasteiger partial charge in [-0.15, -0.1) is 0 Å². The van der Waals surface area contributed by atoms with Gasteiger partial charge in [0.1, 0.15) is 0 Å². The fourth-order valence-electron chi connectivity index (χ4n) is 2.18. The van der Waals surface area contributed by atoms with Crippen molar-refractivity contribution in [1.82, 2.24) is 4.90 Å². The molecule has 1 heteroatoms. The maximum Gasteiger partial charge on any atom is 0.00355 e. The number of nitrogens with zero attached hydrogens (tertiary/aromatic N) is 1. The molecule has 0 bridgehead atoms. The molecule has 0 radical (unpaired) electrons. The van der Waals surface area contributed by atoms with Crippen molar-refractivity contribution in [3.8, 4) is 0 Å². The van der Waals surface area contributed by atoms with E-state index in [-0.39, 0.29) is 0 Å². The van der Waals surface area contributed by atoms with Crippen LogP contribution in [0.1, 0.15) is 66.7 Å². The van der Waals surface area contributed by atoms with Crippen LogP contribution in [0, 0.1) is 5.41 Å². The maximum atomic E-state index is 2.47. The van der Waals surface area contributed by atoms with Crippen molar-refractivity contribution in [2.75, 3.05) is 13.6 Å². The first-order chi connectivity index (χ1) is 7.03. The first kappa shape index (κ1) is 15.0. The van der Waals surface area contributed by atoms with Crippen molar-refractivity contribution in [3.05, 3.63) is 0 Å². The van der Waals surface area contributed by atoms with Gasteiger partial charge in [-0.25, -0.2) is 0 Å². The van der Waals surface area contributed by atoms with Gasteiger partial charge in [0, 0.05) is 6.04 Å². The third kappa shape index (κ3) is 5.55. The summed E-state index contributed by atoms with van der Waals surface area (Å²) < 4.78 is 0. The van der Waals surface area contributed by atoms with E-state index < -0.39 is 0 Å². The highest BCUT2D eigenvalue weighted by atomic mass is 15.1. The Kier molecular flexibility index (Phi) is 7.25. The second-order valence-electron chi connectivity index (χ2n) is 5.34. The van der Waals surface area contributed by atoms with Crippen LogP contribution in [0.2, 0.25) is 0 Å². The maximum absolute atomic E-state index is 2.47. The summed E-state index contributed by atoms with van der Waals surface area (Å²) in [6.07, 6.45) is 7.23. The predicted octanol–water partition coefficient (Wildman–Crippen LogP) is 4.32. The third-order valence-corrected chi connectivity index (χ3v) is 3.76. The Hall–Kier alpha value is -0.0400. The normalized spacial score (nSPS) is 19.2. The molecule has 0 aromatic heterocycles. The van der Waals surface area contributed by atoms with Crippen LogP contribution in [-0.4, -0.2) is 24.5 Å². The molecule has 1 aliphatic carbocycles. The van der Waals surface area contributed by atoms with Gasteiger partial charge in [0.25, 0.3) is 0 Å². The van der Waals surface area contributed by atoms with Crippen LogP contribution in [0.3, 0.4) is 0 Å². The van der Waals surface area contributed by atoms with E-state index in [9.17, 15) is 0 Å². The Morgan fingerprint density at radius 1 is 1.13 bits per heavy atom. The van der Waals surface area contributed by atoms with Crippen molar-refractivity contribution >= 4 is 0 Å². The molecule has 15 heavy (non-hydrogen) atoms. The smallest absolute Gasteiger partial charge is 0.00355 e. The quantitative estimate of drug-likeness (QED) is 0.672. The van der Waals surface area contributed by atoms with E-state index in [4.69, 9.17) is 0 Å². The summed E-state index contributed by atoms with van der Waals surface area (Å²) >= 11 is 0. The Labute approximate surface area is 97.2 Å². The van der Waals surface area contributed by atoms with Crippen LogP contribution < -0.4 is 0 Å². The Morgan fingerprint density at radius 2 is 1.60 bits per heavy atom. The average molecular weight is 213 g/mol. The SMILES string of the molecule is CC.CC(C)N(C)CCC1(C)CCCC1. The van der Waals surface area contributed by atoms with Crippen LogP contribution in [0.4, 0.5) is 0 Å². The number of hydrogen-bond acceptors (Lipinski definition) is 1. The Morgan fingerprint density at radius 3 is 2.00 bits per heavy atom. The van der Waals surface area contributed by atoms with Crippen LogP contribution in [0.25, 0.3) is 0 Å². The zero-order chi connectivity index (χ0) is 11.9. The average Bonchev–Trinajstić information content (AvgIpc) is 2.65. The first-order valence-electron chi connectivity index (χ1n) is 6.74. The largest absolute Gasteiger partial charge is 0.304 e. The fourth-order valence-corrected chi connectivity index (χ4v) is 2.18. The fraction of sp³-hybridized carbons (Fsp3) is 1.00. The molecule has 0 aromatic rings. The molecule has 92 valence electrons. The van der Waals surface area contributed by atoms with Gasteiger partial charge in [-0.3, -0.25) is 0 Å². The highest BCUT2D eigenvalue weighted by molar-refractivity contribution is 4.81. The lowest BCUT2D eigenvalue weighted by atomic mass is 9.85. The molecule has 1 saturated carbocycles. The van der Waals surface area contributed by atoms with E-state index in [1.54, 1.807) is 0 Å². The molecule has 1 rings (SSSR count). The van der Waals surface area contributed by atoms with E-state index in [0.29, 0.717) is 11.5 Å². The minimum Gasteiger partial charge on any atom is -0.304 e. The summed E-state index contributed by atoms with van der Waals surface area (Å²) in [6.45, 7) is 12.3. The van der Waals surface area contributed by atoms with Gasteiger partial charge in [-0.1, -0.05) is 33.6 Å². The van der Waals surface area contributed by atoms with Gasteiger partial charge in [0.15, 0.2) is 0 Å². The van der Waals surface area contributed by atoms with E-state index in [1.807, 2.05) is 13.8 Å². The third-order valence-electron chi connectivity index (χ3n) is 3.76. The molecule has 0 N–H and O–H groups in total. The summed E-state index contributed by atoms with van der Waals surface area (Å²) in [6, 6.07) is 0.699. The molecule has 0 aliphatic heterocycles. The molecule has 0 aromatic carbocycles. The first-order valence-corrected chi connectivity index (χ1v) is 6.74. The van der Waals surface area contributed by atoms with Crippen LogP contribution in [0.15, 0.2) is 0 Å². The Balaban J connectivity index is 0.000000921. The van der Waals surface area contributed by atoms with Crippen LogP contribution in [0.5, 0.6) is 0 Å². The van der Waals surface area contributed by atoms with Crippen molar-refractivity contribution in [3.63, 3.8) is 0 Å². The zero-order valence-corrected chi connectivity index (χ0v) is 11.8. The number of hydrogen-bond donors (Lipinski definition) is 0. The molecule has 0 atom stereocenters. The lowest BCUT2D eigenvalue weighted by molar-refractivity contribution is 0.208. The van der Waals surface area contributed by atoms with Gasteiger partial charge in [-0.2, -0.15) is 0 Å². The van der Waals surface area contributed by atoms with E-state index >= 15 is 0 Å². The summed E-state index contributed by atoms with van der Waals surface area (Å²) in [5.41, 5.74) is 0.670. The molecular weight excluding hydrogens is 182 g/mol. The lowest BCUT2D eigenvalue weighted by Gasteiger charge is -2.28. The van der Waals surface area contributed by atoms with Gasteiger partial charge >= 0.3 is 0 Å². The molecule has 0 unspecified atom stereocenters. The molecular formula is C14H31N. The zero-order valence-electron chi connectivity index (χ0n) is 11.8. The summed E-state index contributed by atoms with van der Waals surface area (Å²) in [5.74, 6) is 0. The minimum absolute atomic E-state index is 0.670. The van der Waals surface area contributed by atoms with Crippen LogP contribution >= 0.6 is 0 Å². The van der Waals surface area contributed by atoms with Gasteiger partial charge in [-0.05, 0) is 52.1 Å². The molecule has 0 spiro atoms. The minimum atomic E-state index is 0.670. The predicted molar refractivity (Wildman–Crippen MR) is 70.3 cm³/mol. The van der Waals surface area contributed by atoms with Crippen molar-refractivity contribution in [2.24, 2.45) is 5.41 Å². The van der Waals surface area contributed by atoms with Gasteiger partial charge < -0.3 is 4.90 Å². The van der Waals surface area contributed by atoms with Gasteiger partial charge in [0.05, 0.1) is 0 Å². The van der Waals surface area contributed by atoms with E-state index in [1.165, 1.54) is 38.6 Å². The van der Waals surface area contributed by atoms with E-state index in [2.05, 4.69) is 32.7 Å². The molecule has 1 fully saturated rings. The number of rotatable bonds is 4. The standard InChI is InChI=1S/C12H25N.C2H6/c1-11(2)13(4)10-9-12(3)7-5-6-8-12;1-2/h11H,5-10H2,1-4H3;1-2H3. The Bertz CT molecular complexity index is 145. The van der Waals surface area contributed by atoms with Crippen molar-refractivity contribution in [1.29, 1.82) is 0 Å². The highest BCUT2D eigenvalue weighted by Crippen LogP contribution is 2.40. The molecule has 0 saturated heterocycles. The summed E-state index contributed by atoms with van der Waals surface area (Å²) in [5, 5.41) is 0. The van der Waals surface area contributed by atoms with Crippen molar-refractivity contribution < 1.29 is 0 Å². The molecule has 1 nitrogen and oxygen atoms in total. The molecule has 0 heterocycles. The molecule has 0 amide bonds.